The number of rotatable bonds is 5. The molecule has 0 saturated heterocycles. The molecule has 0 unspecified atom stereocenters. The number of nitrogens with zero attached hydrogens (tertiary/aromatic N) is 2. The number of guanidine groups is 1. The van der Waals surface area contributed by atoms with Gasteiger partial charge in [0.25, 0.3) is 0 Å². The van der Waals surface area contributed by atoms with Crippen molar-refractivity contribution in [2.45, 2.75) is 4.90 Å². The molecule has 1 heterocycles. The van der Waals surface area contributed by atoms with E-state index in [0.29, 0.717) is 12.5 Å². The molecule has 0 atom stereocenters. The smallest absolute Gasteiger partial charge is 0.242 e. The van der Waals surface area contributed by atoms with Crippen LogP contribution in [0.2, 0.25) is 0 Å². The van der Waals surface area contributed by atoms with Crippen molar-refractivity contribution in [2.75, 3.05) is 27.2 Å². The van der Waals surface area contributed by atoms with Crippen LogP contribution in [0.15, 0.2) is 34.4 Å². The fourth-order valence-electron chi connectivity index (χ4n) is 1.23. The van der Waals surface area contributed by atoms with Crippen LogP contribution in [0.25, 0.3) is 0 Å². The second-order valence-electron chi connectivity index (χ2n) is 3.34. The molecule has 0 aliphatic heterocycles. The Morgan fingerprint density at radius 1 is 1.42 bits per heavy atom. The second-order valence-corrected chi connectivity index (χ2v) is 5.10. The summed E-state index contributed by atoms with van der Waals surface area (Å²) in [6, 6.07) is 3.07. The molecule has 19 heavy (non-hydrogen) atoms. The summed E-state index contributed by atoms with van der Waals surface area (Å²) in [5.41, 5.74) is 0. The highest BCUT2D eigenvalue weighted by molar-refractivity contribution is 14.0. The zero-order valence-electron chi connectivity index (χ0n) is 10.8. The van der Waals surface area contributed by atoms with Gasteiger partial charge in [0, 0.05) is 39.6 Å². The van der Waals surface area contributed by atoms with Crippen LogP contribution in [0.4, 0.5) is 0 Å². The first-order valence-corrected chi connectivity index (χ1v) is 6.86. The zero-order chi connectivity index (χ0) is 13.4. The minimum absolute atomic E-state index is 0. The Labute approximate surface area is 130 Å². The van der Waals surface area contributed by atoms with Crippen LogP contribution < -0.4 is 15.4 Å². The molecule has 0 spiro atoms. The number of aromatic nitrogens is 1. The van der Waals surface area contributed by atoms with Crippen molar-refractivity contribution >= 4 is 40.0 Å². The van der Waals surface area contributed by atoms with Crippen molar-refractivity contribution in [1.82, 2.24) is 20.3 Å². The molecule has 0 fully saturated rings. The maximum absolute atomic E-state index is 11.8. The Morgan fingerprint density at radius 3 is 2.68 bits per heavy atom. The third-order valence-corrected chi connectivity index (χ3v) is 3.56. The van der Waals surface area contributed by atoms with Gasteiger partial charge in [-0.15, -0.1) is 24.0 Å². The van der Waals surface area contributed by atoms with E-state index in [1.165, 1.54) is 18.5 Å². The molecular formula is C10H18IN5O2S. The van der Waals surface area contributed by atoms with Crippen LogP contribution in [0.3, 0.4) is 0 Å². The van der Waals surface area contributed by atoms with Gasteiger partial charge in [-0.2, -0.15) is 0 Å². The quantitative estimate of drug-likeness (QED) is 0.275. The van der Waals surface area contributed by atoms with Crippen molar-refractivity contribution in [3.63, 3.8) is 0 Å². The monoisotopic (exact) mass is 399 g/mol. The topological polar surface area (TPSA) is 95.5 Å². The Kier molecular flexibility index (Phi) is 8.59. The summed E-state index contributed by atoms with van der Waals surface area (Å²) in [5.74, 6) is 0.607. The lowest BCUT2D eigenvalue weighted by molar-refractivity contribution is 0.580. The first-order valence-electron chi connectivity index (χ1n) is 5.38. The summed E-state index contributed by atoms with van der Waals surface area (Å²) < 4.78 is 26.0. The average Bonchev–Trinajstić information content (AvgIpc) is 2.40. The largest absolute Gasteiger partial charge is 0.359 e. The van der Waals surface area contributed by atoms with E-state index in [0.717, 1.165) is 0 Å². The van der Waals surface area contributed by atoms with Crippen LogP contribution in [0.5, 0.6) is 0 Å². The molecule has 0 bridgehead atoms. The molecule has 7 nitrogen and oxygen atoms in total. The number of hydrogen-bond donors (Lipinski definition) is 3. The Hall–Kier alpha value is -0.940. The second kappa shape index (κ2) is 9.04. The number of aliphatic imine (C=N–C) groups is 1. The van der Waals surface area contributed by atoms with Gasteiger partial charge in [0.1, 0.15) is 4.90 Å². The highest BCUT2D eigenvalue weighted by atomic mass is 127. The SMILES string of the molecule is CN=C(NC)NCCNS(=O)(=O)c1cccnc1.I. The molecule has 0 radical (unpaired) electrons. The van der Waals surface area contributed by atoms with E-state index in [1.54, 1.807) is 20.2 Å². The van der Waals surface area contributed by atoms with Crippen LogP contribution in [-0.2, 0) is 10.0 Å². The van der Waals surface area contributed by atoms with E-state index in [-0.39, 0.29) is 35.4 Å². The fraction of sp³-hybridized carbons (Fsp3) is 0.400. The standard InChI is InChI=1S/C10H17N5O2S.HI/c1-11-10(12-2)14-6-7-15-18(16,17)9-4-3-5-13-8-9;/h3-5,8,15H,6-7H2,1-2H3,(H2,11,12,14);1H. The summed E-state index contributed by atoms with van der Waals surface area (Å²) >= 11 is 0. The molecule has 1 aromatic rings. The van der Waals surface area contributed by atoms with E-state index in [2.05, 4.69) is 25.3 Å². The molecular weight excluding hydrogens is 381 g/mol. The number of halogens is 1. The zero-order valence-corrected chi connectivity index (χ0v) is 13.9. The molecule has 108 valence electrons. The van der Waals surface area contributed by atoms with Crippen LogP contribution in [-0.4, -0.2) is 46.5 Å². The lowest BCUT2D eigenvalue weighted by Gasteiger charge is -2.09. The van der Waals surface area contributed by atoms with Gasteiger partial charge in [0.2, 0.25) is 10.0 Å². The maximum Gasteiger partial charge on any atom is 0.242 e. The Morgan fingerprint density at radius 2 is 2.16 bits per heavy atom. The van der Waals surface area contributed by atoms with Gasteiger partial charge in [0.15, 0.2) is 5.96 Å². The maximum atomic E-state index is 11.8. The van der Waals surface area contributed by atoms with E-state index in [1.807, 2.05) is 0 Å². The van der Waals surface area contributed by atoms with E-state index >= 15 is 0 Å². The van der Waals surface area contributed by atoms with Gasteiger partial charge in [-0.25, -0.2) is 13.1 Å². The minimum atomic E-state index is -3.48. The summed E-state index contributed by atoms with van der Waals surface area (Å²) in [4.78, 5) is 7.83. The number of pyridine rings is 1. The van der Waals surface area contributed by atoms with Crippen molar-refractivity contribution < 1.29 is 8.42 Å². The van der Waals surface area contributed by atoms with Gasteiger partial charge in [-0.1, -0.05) is 0 Å². The predicted octanol–water partition coefficient (Wildman–Crippen LogP) is -0.227. The molecule has 3 N–H and O–H groups in total. The summed E-state index contributed by atoms with van der Waals surface area (Å²) in [5, 5.41) is 5.77. The van der Waals surface area contributed by atoms with Gasteiger partial charge >= 0.3 is 0 Å². The third kappa shape index (κ3) is 6.16. The number of hydrogen-bond acceptors (Lipinski definition) is 4. The van der Waals surface area contributed by atoms with E-state index in [9.17, 15) is 8.42 Å². The lowest BCUT2D eigenvalue weighted by atomic mass is 10.5. The number of nitrogens with one attached hydrogen (secondary N) is 3. The first-order chi connectivity index (χ1) is 8.60. The van der Waals surface area contributed by atoms with E-state index in [4.69, 9.17) is 0 Å². The first kappa shape index (κ1) is 18.1. The summed E-state index contributed by atoms with van der Waals surface area (Å²) in [6.45, 7) is 0.699. The molecule has 0 aliphatic rings. The number of sulfonamides is 1. The molecule has 0 aliphatic carbocycles. The van der Waals surface area contributed by atoms with Crippen molar-refractivity contribution in [2.24, 2.45) is 4.99 Å². The van der Waals surface area contributed by atoms with Crippen LogP contribution in [0.1, 0.15) is 0 Å². The average molecular weight is 399 g/mol. The molecule has 1 rings (SSSR count). The Balaban J connectivity index is 0.00000324. The summed E-state index contributed by atoms with van der Waals surface area (Å²) in [6.07, 6.45) is 2.83. The van der Waals surface area contributed by atoms with Gasteiger partial charge in [-0.3, -0.25) is 9.98 Å². The van der Waals surface area contributed by atoms with Crippen molar-refractivity contribution in [3.05, 3.63) is 24.5 Å². The molecule has 9 heteroatoms. The van der Waals surface area contributed by atoms with Crippen LogP contribution >= 0.6 is 24.0 Å². The highest BCUT2D eigenvalue weighted by Crippen LogP contribution is 2.04. The summed E-state index contributed by atoms with van der Waals surface area (Å²) in [7, 11) is -0.116. The molecule has 0 aromatic carbocycles. The van der Waals surface area contributed by atoms with Gasteiger partial charge in [0.05, 0.1) is 0 Å². The normalized spacial score (nSPS) is 11.6. The highest BCUT2D eigenvalue weighted by Gasteiger charge is 2.12. The third-order valence-electron chi connectivity index (χ3n) is 2.11. The molecule has 0 amide bonds. The lowest BCUT2D eigenvalue weighted by Crippen LogP contribution is -2.39. The van der Waals surface area contributed by atoms with E-state index < -0.39 is 10.0 Å². The minimum Gasteiger partial charge on any atom is -0.359 e. The van der Waals surface area contributed by atoms with Gasteiger partial charge < -0.3 is 10.6 Å². The molecule has 1 aromatic heterocycles. The van der Waals surface area contributed by atoms with Crippen molar-refractivity contribution in [1.29, 1.82) is 0 Å². The van der Waals surface area contributed by atoms with Crippen molar-refractivity contribution in [3.8, 4) is 0 Å². The van der Waals surface area contributed by atoms with Crippen LogP contribution in [0, 0.1) is 0 Å². The predicted molar refractivity (Wildman–Crippen MR) is 85.3 cm³/mol. The molecule has 0 saturated carbocycles. The Bertz CT molecular complexity index is 492. The van der Waals surface area contributed by atoms with Gasteiger partial charge in [-0.05, 0) is 12.1 Å². The fourth-order valence-corrected chi connectivity index (χ4v) is 2.23.